The molecule has 1 N–H and O–H groups in total. The Hall–Kier alpha value is -3.04. The lowest BCUT2D eigenvalue weighted by Gasteiger charge is -2.15. The van der Waals surface area contributed by atoms with Crippen LogP contribution in [0.5, 0.6) is 23.1 Å². The van der Waals surface area contributed by atoms with Gasteiger partial charge in [0.1, 0.15) is 0 Å². The second-order valence-electron chi connectivity index (χ2n) is 5.67. The van der Waals surface area contributed by atoms with Crippen LogP contribution in [0.15, 0.2) is 18.2 Å². The molecule has 27 heavy (non-hydrogen) atoms. The SMILES string of the molecule is COc1cc(C(=O)NCc2cc3n(n2)CCCO3)cc(OC)c1OC(F)F. The van der Waals surface area contributed by atoms with E-state index in [0.717, 1.165) is 13.0 Å². The highest BCUT2D eigenvalue weighted by atomic mass is 19.3. The molecule has 146 valence electrons. The second-order valence-corrected chi connectivity index (χ2v) is 5.67. The van der Waals surface area contributed by atoms with Crippen molar-refractivity contribution in [3.05, 3.63) is 29.5 Å². The van der Waals surface area contributed by atoms with Gasteiger partial charge in [-0.1, -0.05) is 0 Å². The van der Waals surface area contributed by atoms with E-state index in [1.54, 1.807) is 10.7 Å². The Morgan fingerprint density at radius 3 is 2.59 bits per heavy atom. The molecule has 1 aliphatic heterocycles. The minimum Gasteiger partial charge on any atom is -0.493 e. The zero-order valence-electron chi connectivity index (χ0n) is 14.8. The molecule has 3 rings (SSSR count). The number of amides is 1. The summed E-state index contributed by atoms with van der Waals surface area (Å²) < 4.78 is 46.9. The first-order valence-electron chi connectivity index (χ1n) is 8.20. The maximum Gasteiger partial charge on any atom is 0.387 e. The number of methoxy groups -OCH3 is 2. The first-order valence-corrected chi connectivity index (χ1v) is 8.20. The van der Waals surface area contributed by atoms with Crippen LogP contribution in [0.25, 0.3) is 0 Å². The highest BCUT2D eigenvalue weighted by molar-refractivity contribution is 5.95. The summed E-state index contributed by atoms with van der Waals surface area (Å²) in [5.74, 6) is -0.119. The molecule has 0 fully saturated rings. The molecule has 1 aromatic heterocycles. The maximum absolute atomic E-state index is 12.6. The molecule has 0 saturated heterocycles. The molecule has 1 aliphatic rings. The normalized spacial score (nSPS) is 12.9. The average Bonchev–Trinajstić information content (AvgIpc) is 3.08. The number of alkyl halides is 2. The van der Waals surface area contributed by atoms with E-state index < -0.39 is 12.5 Å². The van der Waals surface area contributed by atoms with Gasteiger partial charge in [-0.25, -0.2) is 4.68 Å². The fourth-order valence-corrected chi connectivity index (χ4v) is 2.69. The molecule has 2 aromatic rings. The quantitative estimate of drug-likeness (QED) is 0.789. The van der Waals surface area contributed by atoms with E-state index >= 15 is 0 Å². The van der Waals surface area contributed by atoms with Crippen LogP contribution in [0, 0.1) is 0 Å². The fourth-order valence-electron chi connectivity index (χ4n) is 2.69. The summed E-state index contributed by atoms with van der Waals surface area (Å²) in [5.41, 5.74) is 0.822. The highest BCUT2D eigenvalue weighted by Crippen LogP contribution is 2.39. The first-order chi connectivity index (χ1) is 13.0. The summed E-state index contributed by atoms with van der Waals surface area (Å²) in [6.45, 7) is -1.46. The number of aromatic nitrogens is 2. The number of ether oxygens (including phenoxy) is 4. The third-order valence-corrected chi connectivity index (χ3v) is 3.92. The third-order valence-electron chi connectivity index (χ3n) is 3.92. The van der Waals surface area contributed by atoms with Crippen LogP contribution in [-0.4, -0.2) is 43.1 Å². The molecule has 0 bridgehead atoms. The van der Waals surface area contributed by atoms with Crippen molar-refractivity contribution >= 4 is 5.91 Å². The number of halogens is 2. The van der Waals surface area contributed by atoms with Gasteiger partial charge in [0.15, 0.2) is 11.5 Å². The molecule has 0 atom stereocenters. The monoisotopic (exact) mass is 383 g/mol. The number of carbonyl (C=O) groups is 1. The smallest absolute Gasteiger partial charge is 0.387 e. The Kier molecular flexibility index (Phi) is 5.63. The number of hydrogen-bond acceptors (Lipinski definition) is 6. The Balaban J connectivity index is 1.74. The fraction of sp³-hybridized carbons (Fsp3) is 0.412. The lowest BCUT2D eigenvalue weighted by Crippen LogP contribution is -2.23. The molecule has 0 aliphatic carbocycles. The molecule has 10 heteroatoms. The van der Waals surface area contributed by atoms with E-state index in [1.807, 2.05) is 0 Å². The van der Waals surface area contributed by atoms with Gasteiger partial charge in [-0.05, 0) is 12.1 Å². The van der Waals surface area contributed by atoms with Crippen LogP contribution in [0.4, 0.5) is 8.78 Å². The van der Waals surface area contributed by atoms with Gasteiger partial charge in [0.25, 0.3) is 5.91 Å². The Morgan fingerprint density at radius 2 is 2.00 bits per heavy atom. The van der Waals surface area contributed by atoms with Crippen molar-refractivity contribution in [2.75, 3.05) is 20.8 Å². The van der Waals surface area contributed by atoms with E-state index in [0.29, 0.717) is 18.2 Å². The molecule has 0 unspecified atom stereocenters. The molecule has 1 aromatic carbocycles. The molecule has 2 heterocycles. The van der Waals surface area contributed by atoms with Crippen molar-refractivity contribution in [1.82, 2.24) is 15.1 Å². The summed E-state index contributed by atoms with van der Waals surface area (Å²) in [5, 5.41) is 7.07. The number of carbonyl (C=O) groups excluding carboxylic acids is 1. The van der Waals surface area contributed by atoms with E-state index in [-0.39, 0.29) is 29.4 Å². The molecule has 0 saturated carbocycles. The largest absolute Gasteiger partial charge is 0.493 e. The van der Waals surface area contributed by atoms with Crippen molar-refractivity contribution in [2.24, 2.45) is 0 Å². The molecular weight excluding hydrogens is 364 g/mol. The number of nitrogens with zero attached hydrogens (tertiary/aromatic N) is 2. The van der Waals surface area contributed by atoms with Gasteiger partial charge in [0, 0.05) is 24.6 Å². The minimum atomic E-state index is -3.05. The summed E-state index contributed by atoms with van der Waals surface area (Å²) in [4.78, 5) is 12.5. The van der Waals surface area contributed by atoms with Crippen molar-refractivity contribution in [3.8, 4) is 23.1 Å². The van der Waals surface area contributed by atoms with Crippen molar-refractivity contribution in [3.63, 3.8) is 0 Å². The van der Waals surface area contributed by atoms with Crippen molar-refractivity contribution in [2.45, 2.75) is 26.1 Å². The zero-order chi connectivity index (χ0) is 19.4. The van der Waals surface area contributed by atoms with Crippen LogP contribution in [0.3, 0.4) is 0 Å². The number of rotatable bonds is 7. The molecular formula is C17H19F2N3O5. The Morgan fingerprint density at radius 1 is 1.30 bits per heavy atom. The van der Waals surface area contributed by atoms with Gasteiger partial charge in [-0.2, -0.15) is 13.9 Å². The van der Waals surface area contributed by atoms with Crippen molar-refractivity contribution < 1.29 is 32.5 Å². The number of benzene rings is 1. The van der Waals surface area contributed by atoms with Gasteiger partial charge in [-0.3, -0.25) is 4.79 Å². The Labute approximate surface area is 154 Å². The molecule has 0 spiro atoms. The van der Waals surface area contributed by atoms with Gasteiger partial charge in [-0.15, -0.1) is 0 Å². The summed E-state index contributed by atoms with van der Waals surface area (Å²) in [6, 6.07) is 4.37. The number of hydrogen-bond donors (Lipinski definition) is 1. The number of aryl methyl sites for hydroxylation is 1. The van der Waals surface area contributed by atoms with E-state index in [4.69, 9.17) is 14.2 Å². The molecule has 1 amide bonds. The van der Waals surface area contributed by atoms with Gasteiger partial charge >= 0.3 is 6.61 Å². The van der Waals surface area contributed by atoms with Gasteiger partial charge in [0.2, 0.25) is 11.6 Å². The van der Waals surface area contributed by atoms with Crippen LogP contribution in [0.2, 0.25) is 0 Å². The second kappa shape index (κ2) is 8.11. The van der Waals surface area contributed by atoms with E-state index in [1.165, 1.54) is 26.4 Å². The van der Waals surface area contributed by atoms with Gasteiger partial charge in [0.05, 0.1) is 33.1 Å². The molecule has 0 radical (unpaired) electrons. The lowest BCUT2D eigenvalue weighted by atomic mass is 10.1. The topological polar surface area (TPSA) is 83.8 Å². The minimum absolute atomic E-state index is 0.0364. The first kappa shape index (κ1) is 18.7. The zero-order valence-corrected chi connectivity index (χ0v) is 14.8. The highest BCUT2D eigenvalue weighted by Gasteiger charge is 2.21. The molecule has 8 nitrogen and oxygen atoms in total. The number of fused-ring (bicyclic) bond motifs is 1. The van der Waals surface area contributed by atoms with E-state index in [2.05, 4.69) is 15.2 Å². The van der Waals surface area contributed by atoms with Crippen LogP contribution < -0.4 is 24.3 Å². The van der Waals surface area contributed by atoms with Crippen molar-refractivity contribution in [1.29, 1.82) is 0 Å². The van der Waals surface area contributed by atoms with E-state index in [9.17, 15) is 13.6 Å². The average molecular weight is 383 g/mol. The number of nitrogens with one attached hydrogen (secondary N) is 1. The predicted molar refractivity (Wildman–Crippen MR) is 89.7 cm³/mol. The van der Waals surface area contributed by atoms with Crippen LogP contribution in [-0.2, 0) is 13.1 Å². The predicted octanol–water partition coefficient (Wildman–Crippen LogP) is 2.21. The lowest BCUT2D eigenvalue weighted by molar-refractivity contribution is -0.0526. The van der Waals surface area contributed by atoms with Gasteiger partial charge < -0.3 is 24.3 Å². The standard InChI is InChI=1S/C17H19F2N3O5/c1-24-12-6-10(7-13(25-2)15(12)27-17(18)19)16(23)20-9-11-8-14-22(21-11)4-3-5-26-14/h6-8,17H,3-5,9H2,1-2H3,(H,20,23). The summed E-state index contributed by atoms with van der Waals surface area (Å²) >= 11 is 0. The summed E-state index contributed by atoms with van der Waals surface area (Å²) in [7, 11) is 2.56. The maximum atomic E-state index is 12.6. The third kappa shape index (κ3) is 4.21. The van der Waals surface area contributed by atoms with Crippen LogP contribution in [0.1, 0.15) is 22.5 Å². The Bertz CT molecular complexity index is 776. The van der Waals surface area contributed by atoms with Crippen LogP contribution >= 0.6 is 0 Å². The summed E-state index contributed by atoms with van der Waals surface area (Å²) in [6.07, 6.45) is 0.882.